The van der Waals surface area contributed by atoms with Crippen LogP contribution in [0, 0.1) is 29.6 Å². The highest BCUT2D eigenvalue weighted by molar-refractivity contribution is 8.02. The van der Waals surface area contributed by atoms with Gasteiger partial charge in [-0.05, 0) is 72.9 Å². The first-order chi connectivity index (χ1) is 8.17. The predicted octanol–water partition coefficient (Wildman–Crippen LogP) is 3.39. The summed E-state index contributed by atoms with van der Waals surface area (Å²) in [5, 5.41) is 8.98. The number of rotatable bonds is 3. The molecular formula is C14H20O2S. The average Bonchev–Trinajstić information content (AvgIpc) is 2.25. The number of thioether (sulfide) groups is 1. The van der Waals surface area contributed by atoms with E-state index in [0.29, 0.717) is 5.92 Å². The summed E-state index contributed by atoms with van der Waals surface area (Å²) < 4.78 is 0. The summed E-state index contributed by atoms with van der Waals surface area (Å²) in [6, 6.07) is 0. The number of aliphatic carboxylic acids is 1. The van der Waals surface area contributed by atoms with E-state index in [2.05, 4.69) is 0 Å². The van der Waals surface area contributed by atoms with E-state index in [1.807, 2.05) is 6.26 Å². The van der Waals surface area contributed by atoms with E-state index >= 15 is 0 Å². The Morgan fingerprint density at radius 3 is 2.06 bits per heavy atom. The molecule has 2 nitrogen and oxygen atoms in total. The van der Waals surface area contributed by atoms with Gasteiger partial charge in [-0.2, -0.15) is 0 Å². The molecule has 0 saturated heterocycles. The maximum atomic E-state index is 10.9. The second kappa shape index (κ2) is 4.34. The summed E-state index contributed by atoms with van der Waals surface area (Å²) >= 11 is 1.66. The minimum Gasteiger partial charge on any atom is -0.478 e. The number of hydrogen-bond donors (Lipinski definition) is 1. The molecule has 0 aromatic carbocycles. The van der Waals surface area contributed by atoms with Gasteiger partial charge in [-0.15, -0.1) is 11.8 Å². The normalized spacial score (nSPS) is 44.1. The predicted molar refractivity (Wildman–Crippen MR) is 69.8 cm³/mol. The topological polar surface area (TPSA) is 37.3 Å². The summed E-state index contributed by atoms with van der Waals surface area (Å²) in [5.74, 6) is 3.27. The molecule has 4 fully saturated rings. The zero-order chi connectivity index (χ0) is 12.0. The van der Waals surface area contributed by atoms with Crippen molar-refractivity contribution in [3.63, 3.8) is 0 Å². The van der Waals surface area contributed by atoms with Gasteiger partial charge in [0.25, 0.3) is 0 Å². The standard InChI is InChI=1S/C14H20O2S/c1-17-12(7-13(15)16)14-10-3-8-2-9(5-10)6-11(14)4-8/h7-11,14H,2-6H2,1H3,(H,15,16)/b12-7+. The molecule has 0 aliphatic heterocycles. The maximum Gasteiger partial charge on any atom is 0.329 e. The molecule has 0 aromatic rings. The SMILES string of the molecule is CS/C(=C/C(=O)O)C1C2CC3CC(C2)CC1C3. The second-order valence-corrected chi connectivity index (χ2v) is 6.93. The Kier molecular flexibility index (Phi) is 2.97. The van der Waals surface area contributed by atoms with Gasteiger partial charge in [0.1, 0.15) is 0 Å². The lowest BCUT2D eigenvalue weighted by Gasteiger charge is -2.54. The van der Waals surface area contributed by atoms with E-state index < -0.39 is 5.97 Å². The first-order valence-corrected chi connectivity index (χ1v) is 7.88. The van der Waals surface area contributed by atoms with E-state index in [9.17, 15) is 4.79 Å². The fourth-order valence-electron chi connectivity index (χ4n) is 4.80. The third-order valence-electron chi connectivity index (χ3n) is 5.06. The van der Waals surface area contributed by atoms with Crippen molar-refractivity contribution in [1.29, 1.82) is 0 Å². The molecule has 0 heterocycles. The molecule has 4 saturated carbocycles. The zero-order valence-electron chi connectivity index (χ0n) is 10.3. The van der Waals surface area contributed by atoms with Crippen molar-refractivity contribution in [2.45, 2.75) is 32.1 Å². The monoisotopic (exact) mass is 252 g/mol. The minimum atomic E-state index is -0.775. The number of hydrogen-bond acceptors (Lipinski definition) is 2. The van der Waals surface area contributed by atoms with Gasteiger partial charge in [0.2, 0.25) is 0 Å². The van der Waals surface area contributed by atoms with Crippen LogP contribution < -0.4 is 0 Å². The first kappa shape index (κ1) is 11.6. The molecule has 0 amide bonds. The molecule has 4 aliphatic rings. The van der Waals surface area contributed by atoms with Gasteiger partial charge in [-0.25, -0.2) is 4.79 Å². The van der Waals surface area contributed by atoms with E-state index in [0.717, 1.165) is 28.6 Å². The van der Waals surface area contributed by atoms with Gasteiger partial charge in [-0.3, -0.25) is 0 Å². The number of carboxylic acid groups (broad SMARTS) is 1. The molecule has 3 heteroatoms. The van der Waals surface area contributed by atoms with E-state index in [1.165, 1.54) is 38.2 Å². The molecule has 0 spiro atoms. The van der Waals surface area contributed by atoms with Crippen LogP contribution in [0.5, 0.6) is 0 Å². The van der Waals surface area contributed by atoms with E-state index in [1.54, 1.807) is 11.8 Å². The highest BCUT2D eigenvalue weighted by Crippen LogP contribution is 2.59. The van der Waals surface area contributed by atoms with Crippen LogP contribution in [0.2, 0.25) is 0 Å². The summed E-state index contributed by atoms with van der Waals surface area (Å²) in [5.41, 5.74) is 0. The Morgan fingerprint density at radius 1 is 1.12 bits per heavy atom. The smallest absolute Gasteiger partial charge is 0.329 e. The third kappa shape index (κ3) is 2.03. The van der Waals surface area contributed by atoms with Crippen molar-refractivity contribution < 1.29 is 9.90 Å². The van der Waals surface area contributed by atoms with Crippen LogP contribution in [-0.2, 0) is 4.79 Å². The largest absolute Gasteiger partial charge is 0.478 e. The lowest BCUT2D eigenvalue weighted by molar-refractivity contribution is -0.131. The van der Waals surface area contributed by atoms with Crippen molar-refractivity contribution >= 4 is 17.7 Å². The second-order valence-electron chi connectivity index (χ2n) is 6.05. The molecule has 0 unspecified atom stereocenters. The van der Waals surface area contributed by atoms with Gasteiger partial charge in [0.05, 0.1) is 0 Å². The quantitative estimate of drug-likeness (QED) is 0.782. The van der Waals surface area contributed by atoms with Crippen molar-refractivity contribution in [2.75, 3.05) is 6.26 Å². The number of carbonyl (C=O) groups is 1. The Balaban J connectivity index is 1.85. The van der Waals surface area contributed by atoms with Crippen LogP contribution in [-0.4, -0.2) is 17.3 Å². The Hall–Kier alpha value is -0.440. The van der Waals surface area contributed by atoms with Crippen LogP contribution in [0.4, 0.5) is 0 Å². The van der Waals surface area contributed by atoms with Gasteiger partial charge in [-0.1, -0.05) is 0 Å². The van der Waals surface area contributed by atoms with Gasteiger partial charge in [0.15, 0.2) is 0 Å². The average molecular weight is 252 g/mol. The third-order valence-corrected chi connectivity index (χ3v) is 5.92. The van der Waals surface area contributed by atoms with E-state index in [-0.39, 0.29) is 0 Å². The van der Waals surface area contributed by atoms with Gasteiger partial charge >= 0.3 is 5.97 Å². The maximum absolute atomic E-state index is 10.9. The van der Waals surface area contributed by atoms with Crippen molar-refractivity contribution in [3.8, 4) is 0 Å². The fraction of sp³-hybridized carbons (Fsp3) is 0.786. The minimum absolute atomic E-state index is 0.564. The van der Waals surface area contributed by atoms with Crippen molar-refractivity contribution in [3.05, 3.63) is 11.0 Å². The lowest BCUT2D eigenvalue weighted by atomic mass is 9.52. The molecule has 4 bridgehead atoms. The lowest BCUT2D eigenvalue weighted by Crippen LogP contribution is -2.45. The summed E-state index contributed by atoms with van der Waals surface area (Å²) in [7, 11) is 0. The van der Waals surface area contributed by atoms with Crippen LogP contribution in [0.3, 0.4) is 0 Å². The highest BCUT2D eigenvalue weighted by Gasteiger charge is 2.49. The highest BCUT2D eigenvalue weighted by atomic mass is 32.2. The van der Waals surface area contributed by atoms with Crippen LogP contribution in [0.15, 0.2) is 11.0 Å². The fourth-order valence-corrected chi connectivity index (χ4v) is 5.68. The first-order valence-electron chi connectivity index (χ1n) is 6.66. The van der Waals surface area contributed by atoms with Gasteiger partial charge < -0.3 is 5.11 Å². The molecule has 4 aliphatic carbocycles. The van der Waals surface area contributed by atoms with Gasteiger partial charge in [0, 0.05) is 6.08 Å². The molecule has 17 heavy (non-hydrogen) atoms. The van der Waals surface area contributed by atoms with E-state index in [4.69, 9.17) is 5.11 Å². The molecule has 94 valence electrons. The van der Waals surface area contributed by atoms with Crippen LogP contribution in [0.25, 0.3) is 0 Å². The summed E-state index contributed by atoms with van der Waals surface area (Å²) in [6.07, 6.45) is 10.4. The number of carboxylic acids is 1. The Labute approximate surface area is 107 Å². The summed E-state index contributed by atoms with van der Waals surface area (Å²) in [6.45, 7) is 0. The molecule has 0 atom stereocenters. The molecule has 4 rings (SSSR count). The van der Waals surface area contributed by atoms with Crippen molar-refractivity contribution in [2.24, 2.45) is 29.6 Å². The van der Waals surface area contributed by atoms with Crippen LogP contribution >= 0.6 is 11.8 Å². The number of allylic oxidation sites excluding steroid dienone is 1. The molecule has 1 N–H and O–H groups in total. The zero-order valence-corrected chi connectivity index (χ0v) is 11.1. The summed E-state index contributed by atoms with van der Waals surface area (Å²) in [4.78, 5) is 12.0. The Morgan fingerprint density at radius 2 is 1.65 bits per heavy atom. The van der Waals surface area contributed by atoms with Crippen LogP contribution in [0.1, 0.15) is 32.1 Å². The molecule has 0 radical (unpaired) electrons. The molecule has 0 aromatic heterocycles. The Bertz CT molecular complexity index is 333. The molecular weight excluding hydrogens is 232 g/mol. The van der Waals surface area contributed by atoms with Crippen molar-refractivity contribution in [1.82, 2.24) is 0 Å².